The summed E-state index contributed by atoms with van der Waals surface area (Å²) in [4.78, 5) is 72.5. The lowest BCUT2D eigenvalue weighted by atomic mass is 10.00. The Morgan fingerprint density at radius 3 is 0.798 bits per heavy atom. The number of carbonyl (C=O) groups excluding carboxylic acids is 4. The Hall–Kier alpha value is -1.94. The number of rotatable bonds is 67. The average Bonchev–Trinajstić information content (AvgIpc) is 3.69. The molecule has 89 heavy (non-hydrogen) atoms. The van der Waals surface area contributed by atoms with Gasteiger partial charge in [0.1, 0.15) is 19.3 Å². The Bertz CT molecular complexity index is 1770. The molecule has 0 aliphatic carbocycles. The van der Waals surface area contributed by atoms with Crippen LogP contribution in [0.25, 0.3) is 0 Å². The molecule has 17 nitrogen and oxygen atoms in total. The van der Waals surface area contributed by atoms with E-state index in [1.54, 1.807) is 0 Å². The van der Waals surface area contributed by atoms with Gasteiger partial charge in [-0.05, 0) is 49.4 Å². The summed E-state index contributed by atoms with van der Waals surface area (Å²) in [5, 5.41) is 10.6. The van der Waals surface area contributed by atoms with Gasteiger partial charge < -0.3 is 33.8 Å². The molecular formula is C70H136O17P2. The molecule has 0 spiro atoms. The van der Waals surface area contributed by atoms with E-state index in [4.69, 9.17) is 37.0 Å². The number of phosphoric acid groups is 2. The van der Waals surface area contributed by atoms with Crippen LogP contribution in [0.3, 0.4) is 0 Å². The van der Waals surface area contributed by atoms with Crippen molar-refractivity contribution in [3.63, 3.8) is 0 Å². The van der Waals surface area contributed by atoms with Crippen LogP contribution in [-0.4, -0.2) is 96.7 Å². The highest BCUT2D eigenvalue weighted by molar-refractivity contribution is 7.47. The van der Waals surface area contributed by atoms with E-state index in [0.717, 1.165) is 120 Å². The van der Waals surface area contributed by atoms with Crippen molar-refractivity contribution < 1.29 is 80.2 Å². The minimum atomic E-state index is -4.95. The second-order valence-electron chi connectivity index (χ2n) is 26.9. The van der Waals surface area contributed by atoms with Crippen LogP contribution in [0.2, 0.25) is 0 Å². The van der Waals surface area contributed by atoms with Crippen molar-refractivity contribution in [2.45, 2.75) is 363 Å². The van der Waals surface area contributed by atoms with Crippen molar-refractivity contribution in [1.29, 1.82) is 0 Å². The van der Waals surface area contributed by atoms with Crippen LogP contribution in [0.5, 0.6) is 0 Å². The standard InChI is InChI=1S/C70H136O17P2/c1-9-63(8)49-41-33-28-29-35-43-51-68(73)81-57-66(87-70(75)53-45-37-26-20-16-12-14-18-23-31-39-47-61(4)5)59-85-89(78,79)83-55-64(71)54-82-88(76,77)84-58-65(56-80-67(72)50-42-34-27-21-24-32-40-48-62(6)7)86-69(74)52-44-36-25-19-15-11-10-13-17-22-30-38-46-60(2)3/h60-66,71H,9-59H2,1-8H3,(H,76,77)(H,78,79)/t63?,64?,65-,66-/m1/s1. The number of carbonyl (C=O) groups is 4. The van der Waals surface area contributed by atoms with E-state index in [-0.39, 0.29) is 25.7 Å². The molecule has 528 valence electrons. The Morgan fingerprint density at radius 1 is 0.315 bits per heavy atom. The molecule has 0 aromatic carbocycles. The lowest BCUT2D eigenvalue weighted by molar-refractivity contribution is -0.161. The highest BCUT2D eigenvalue weighted by Crippen LogP contribution is 2.45. The van der Waals surface area contributed by atoms with Gasteiger partial charge in [0.2, 0.25) is 0 Å². The van der Waals surface area contributed by atoms with Crippen LogP contribution >= 0.6 is 15.6 Å². The summed E-state index contributed by atoms with van der Waals surface area (Å²) in [6.07, 6.45) is 41.7. The molecule has 0 rings (SSSR count). The minimum Gasteiger partial charge on any atom is -0.462 e. The van der Waals surface area contributed by atoms with Gasteiger partial charge in [0.15, 0.2) is 12.2 Å². The molecule has 6 atom stereocenters. The lowest BCUT2D eigenvalue weighted by Gasteiger charge is -2.21. The Labute approximate surface area is 543 Å². The molecule has 0 saturated carbocycles. The summed E-state index contributed by atoms with van der Waals surface area (Å²) >= 11 is 0. The number of phosphoric ester groups is 2. The first kappa shape index (κ1) is 87.1. The van der Waals surface area contributed by atoms with E-state index in [1.165, 1.54) is 135 Å². The number of ether oxygens (including phenoxy) is 4. The zero-order valence-electron chi connectivity index (χ0n) is 58.1. The van der Waals surface area contributed by atoms with Crippen molar-refractivity contribution in [1.82, 2.24) is 0 Å². The average molecular weight is 1310 g/mol. The molecule has 0 aliphatic rings. The van der Waals surface area contributed by atoms with Crippen molar-refractivity contribution in [2.75, 3.05) is 39.6 Å². The Balaban J connectivity index is 5.25. The second-order valence-corrected chi connectivity index (χ2v) is 29.8. The third-order valence-corrected chi connectivity index (χ3v) is 18.3. The Kier molecular flexibility index (Phi) is 58.5. The van der Waals surface area contributed by atoms with E-state index in [1.807, 2.05) is 0 Å². The fourth-order valence-corrected chi connectivity index (χ4v) is 12.0. The zero-order valence-corrected chi connectivity index (χ0v) is 59.8. The van der Waals surface area contributed by atoms with E-state index in [0.29, 0.717) is 31.6 Å². The second kappa shape index (κ2) is 59.8. The maximum Gasteiger partial charge on any atom is 0.472 e. The van der Waals surface area contributed by atoms with Gasteiger partial charge in [-0.25, -0.2) is 9.13 Å². The first-order valence-electron chi connectivity index (χ1n) is 36.2. The maximum atomic E-state index is 13.0. The molecule has 0 fully saturated rings. The molecule has 3 N–H and O–H groups in total. The Morgan fingerprint density at radius 2 is 0.539 bits per heavy atom. The number of hydrogen-bond acceptors (Lipinski definition) is 15. The SMILES string of the molecule is CCC(C)CCCCCCCCC(=O)OC[C@H](COP(=O)(O)OCC(O)COP(=O)(O)OC[C@@H](COC(=O)CCCCCCCCCC(C)C)OC(=O)CCCCCCCCCCCCCCC(C)C)OC(=O)CCCCCCCCCCCCCC(C)C. The maximum absolute atomic E-state index is 13.0. The fourth-order valence-electron chi connectivity index (χ4n) is 10.5. The van der Waals surface area contributed by atoms with Crippen LogP contribution in [0.4, 0.5) is 0 Å². The van der Waals surface area contributed by atoms with Gasteiger partial charge in [0.05, 0.1) is 26.4 Å². The highest BCUT2D eigenvalue weighted by Gasteiger charge is 2.30. The van der Waals surface area contributed by atoms with Gasteiger partial charge in [0.25, 0.3) is 0 Å². The molecule has 0 radical (unpaired) electrons. The third kappa shape index (κ3) is 63.2. The summed E-state index contributed by atoms with van der Waals surface area (Å²) in [7, 11) is -9.90. The normalized spacial score (nSPS) is 14.6. The van der Waals surface area contributed by atoms with Crippen LogP contribution in [0.1, 0.15) is 344 Å². The van der Waals surface area contributed by atoms with Crippen molar-refractivity contribution in [3.8, 4) is 0 Å². The zero-order chi connectivity index (χ0) is 66.1. The number of hydrogen-bond donors (Lipinski definition) is 3. The molecule has 4 unspecified atom stereocenters. The first-order chi connectivity index (χ1) is 42.6. The smallest absolute Gasteiger partial charge is 0.462 e. The summed E-state index contributed by atoms with van der Waals surface area (Å²) in [6.45, 7) is 14.1. The van der Waals surface area contributed by atoms with E-state index in [9.17, 15) is 43.2 Å². The molecule has 0 bridgehead atoms. The lowest BCUT2D eigenvalue weighted by Crippen LogP contribution is -2.30. The van der Waals surface area contributed by atoms with Gasteiger partial charge in [0, 0.05) is 25.7 Å². The minimum absolute atomic E-state index is 0.105. The quantitative estimate of drug-likeness (QED) is 0.0222. The monoisotopic (exact) mass is 1310 g/mol. The largest absolute Gasteiger partial charge is 0.472 e. The molecule has 0 aromatic heterocycles. The molecular weight excluding hydrogens is 1170 g/mol. The molecule has 0 heterocycles. The van der Waals surface area contributed by atoms with Crippen LogP contribution in [0.15, 0.2) is 0 Å². The number of esters is 4. The highest BCUT2D eigenvalue weighted by atomic mass is 31.2. The van der Waals surface area contributed by atoms with Gasteiger partial charge in [-0.2, -0.15) is 0 Å². The van der Waals surface area contributed by atoms with Crippen molar-refractivity contribution in [2.24, 2.45) is 23.7 Å². The first-order valence-corrected chi connectivity index (χ1v) is 39.2. The predicted molar refractivity (Wildman–Crippen MR) is 358 cm³/mol. The van der Waals surface area contributed by atoms with E-state index in [2.05, 4.69) is 55.4 Å². The van der Waals surface area contributed by atoms with Gasteiger partial charge in [-0.1, -0.05) is 293 Å². The molecule has 0 aliphatic heterocycles. The molecule has 0 amide bonds. The molecule has 0 saturated heterocycles. The predicted octanol–water partition coefficient (Wildman–Crippen LogP) is 19.7. The molecule has 0 aromatic rings. The summed E-state index contributed by atoms with van der Waals surface area (Å²) in [5.41, 5.74) is 0. The van der Waals surface area contributed by atoms with Gasteiger partial charge >= 0.3 is 39.5 Å². The number of unbranched alkanes of at least 4 members (excludes halogenated alkanes) is 32. The summed E-state index contributed by atoms with van der Waals surface area (Å²) in [6, 6.07) is 0. The van der Waals surface area contributed by atoms with Crippen molar-refractivity contribution in [3.05, 3.63) is 0 Å². The van der Waals surface area contributed by atoms with Crippen molar-refractivity contribution >= 4 is 39.5 Å². The molecule has 19 heteroatoms. The topological polar surface area (TPSA) is 237 Å². The van der Waals surface area contributed by atoms with Crippen LogP contribution < -0.4 is 0 Å². The summed E-state index contributed by atoms with van der Waals surface area (Å²) < 4.78 is 68.3. The van der Waals surface area contributed by atoms with Crippen LogP contribution in [-0.2, 0) is 65.4 Å². The number of aliphatic hydroxyl groups excluding tert-OH is 1. The van der Waals surface area contributed by atoms with Gasteiger partial charge in [-0.3, -0.25) is 37.3 Å². The number of aliphatic hydroxyl groups is 1. The summed E-state index contributed by atoms with van der Waals surface area (Å²) in [5.74, 6) is 0.847. The van der Waals surface area contributed by atoms with Gasteiger partial charge in [-0.15, -0.1) is 0 Å². The van der Waals surface area contributed by atoms with E-state index < -0.39 is 97.5 Å². The fraction of sp³-hybridized carbons (Fsp3) is 0.943. The van der Waals surface area contributed by atoms with Crippen LogP contribution in [0, 0.1) is 23.7 Å². The van der Waals surface area contributed by atoms with E-state index >= 15 is 0 Å². The third-order valence-electron chi connectivity index (χ3n) is 16.4.